The van der Waals surface area contributed by atoms with Crippen molar-refractivity contribution < 1.29 is 14.3 Å². The normalized spacial score (nSPS) is 10.4. The summed E-state index contributed by atoms with van der Waals surface area (Å²) in [5.41, 5.74) is 0.979. The van der Waals surface area contributed by atoms with Crippen molar-refractivity contribution in [3.05, 3.63) is 50.6 Å². The molecule has 0 spiro atoms. The summed E-state index contributed by atoms with van der Waals surface area (Å²) in [5.74, 6) is -0.448. The Bertz CT molecular complexity index is 699. The van der Waals surface area contributed by atoms with Gasteiger partial charge in [0.15, 0.2) is 0 Å². The molecular formula is C17H18BrNO3S. The van der Waals surface area contributed by atoms with Crippen molar-refractivity contribution in [3.8, 4) is 0 Å². The van der Waals surface area contributed by atoms with Crippen LogP contribution in [0.15, 0.2) is 40.2 Å². The zero-order chi connectivity index (χ0) is 16.8. The topological polar surface area (TPSA) is 46.6 Å². The van der Waals surface area contributed by atoms with Gasteiger partial charge in [0.25, 0.3) is 0 Å². The largest absolute Gasteiger partial charge is 0.462 e. The van der Waals surface area contributed by atoms with Gasteiger partial charge in [-0.05, 0) is 47.5 Å². The highest BCUT2D eigenvalue weighted by molar-refractivity contribution is 9.10. The Balaban J connectivity index is 2.08. The molecule has 0 saturated heterocycles. The van der Waals surface area contributed by atoms with Gasteiger partial charge in [-0.25, -0.2) is 4.79 Å². The number of carbonyl (C=O) groups excluding carboxylic acids is 2. The first-order valence-corrected chi connectivity index (χ1v) is 8.95. The number of esters is 1. The van der Waals surface area contributed by atoms with E-state index in [9.17, 15) is 9.59 Å². The van der Waals surface area contributed by atoms with E-state index in [1.807, 2.05) is 11.4 Å². The van der Waals surface area contributed by atoms with Crippen LogP contribution in [0.4, 0.5) is 5.69 Å². The smallest absolute Gasteiger partial charge is 0.340 e. The van der Waals surface area contributed by atoms with Crippen molar-refractivity contribution >= 4 is 44.8 Å². The van der Waals surface area contributed by atoms with Gasteiger partial charge in [-0.3, -0.25) is 4.79 Å². The lowest BCUT2D eigenvalue weighted by Crippen LogP contribution is -2.28. The fraction of sp³-hybridized carbons (Fsp3) is 0.294. The van der Waals surface area contributed by atoms with Crippen molar-refractivity contribution in [2.45, 2.75) is 19.8 Å². The number of para-hydroxylation sites is 1. The maximum Gasteiger partial charge on any atom is 0.340 e. The third-order valence-corrected chi connectivity index (χ3v) is 5.10. The highest BCUT2D eigenvalue weighted by Crippen LogP contribution is 2.23. The third-order valence-electron chi connectivity index (χ3n) is 3.34. The third kappa shape index (κ3) is 4.65. The maximum atomic E-state index is 12.4. The number of anilines is 1. The molecule has 0 aliphatic rings. The summed E-state index contributed by atoms with van der Waals surface area (Å²) in [5, 5.41) is 2.00. The number of aryl methyl sites for hydroxylation is 1. The second-order valence-electron chi connectivity index (χ2n) is 4.92. The Morgan fingerprint density at radius 1 is 1.30 bits per heavy atom. The molecule has 1 aromatic heterocycles. The average molecular weight is 396 g/mol. The molecule has 0 aliphatic carbocycles. The van der Waals surface area contributed by atoms with E-state index in [1.165, 1.54) is 4.90 Å². The molecule has 6 heteroatoms. The predicted octanol–water partition coefficient (Wildman–Crippen LogP) is 4.28. The molecule has 0 fully saturated rings. The van der Waals surface area contributed by atoms with Gasteiger partial charge in [-0.2, -0.15) is 0 Å². The first-order chi connectivity index (χ1) is 11.0. The molecule has 23 heavy (non-hydrogen) atoms. The Labute approximate surface area is 148 Å². The number of benzene rings is 1. The van der Waals surface area contributed by atoms with Crippen LogP contribution < -0.4 is 4.90 Å². The van der Waals surface area contributed by atoms with E-state index in [1.54, 1.807) is 49.6 Å². The molecule has 0 bridgehead atoms. The maximum absolute atomic E-state index is 12.4. The molecule has 1 heterocycles. The second-order valence-corrected chi connectivity index (χ2v) is 6.83. The number of hydrogen-bond donors (Lipinski definition) is 0. The van der Waals surface area contributed by atoms with E-state index in [0.717, 1.165) is 9.35 Å². The lowest BCUT2D eigenvalue weighted by atomic mass is 10.1. The van der Waals surface area contributed by atoms with Gasteiger partial charge < -0.3 is 9.64 Å². The molecule has 0 aliphatic heterocycles. The molecule has 1 amide bonds. The molecule has 2 aromatic rings. The van der Waals surface area contributed by atoms with Crippen LogP contribution in [0.5, 0.6) is 0 Å². The number of amides is 1. The van der Waals surface area contributed by atoms with Gasteiger partial charge in [0, 0.05) is 28.2 Å². The van der Waals surface area contributed by atoms with Gasteiger partial charge in [0.05, 0.1) is 17.9 Å². The minimum atomic E-state index is -0.412. The lowest BCUT2D eigenvalue weighted by molar-refractivity contribution is -0.118. The Kier molecular flexibility index (Phi) is 6.36. The highest BCUT2D eigenvalue weighted by Gasteiger charge is 2.19. The highest BCUT2D eigenvalue weighted by atomic mass is 79.9. The molecule has 0 N–H and O–H groups in total. The van der Waals surface area contributed by atoms with Crippen LogP contribution in [-0.4, -0.2) is 25.5 Å². The summed E-state index contributed by atoms with van der Waals surface area (Å²) < 4.78 is 6.08. The first-order valence-electron chi connectivity index (χ1n) is 7.28. The number of thiophene rings is 1. The minimum absolute atomic E-state index is 0.0359. The van der Waals surface area contributed by atoms with E-state index in [2.05, 4.69) is 15.9 Å². The van der Waals surface area contributed by atoms with E-state index >= 15 is 0 Å². The Morgan fingerprint density at radius 2 is 2.04 bits per heavy atom. The van der Waals surface area contributed by atoms with E-state index in [-0.39, 0.29) is 5.91 Å². The van der Waals surface area contributed by atoms with Crippen molar-refractivity contribution in [1.82, 2.24) is 0 Å². The number of halogens is 1. The van der Waals surface area contributed by atoms with Crippen LogP contribution in [0.25, 0.3) is 0 Å². The summed E-state index contributed by atoms with van der Waals surface area (Å²) in [7, 11) is 1.69. The van der Waals surface area contributed by atoms with Crippen LogP contribution in [0, 0.1) is 0 Å². The van der Waals surface area contributed by atoms with Gasteiger partial charge in [0.2, 0.25) is 5.91 Å². The number of ether oxygens (including phenoxy) is 1. The van der Waals surface area contributed by atoms with Crippen LogP contribution in [0.2, 0.25) is 0 Å². The van der Waals surface area contributed by atoms with Crippen molar-refractivity contribution in [2.24, 2.45) is 0 Å². The minimum Gasteiger partial charge on any atom is -0.462 e. The molecular weight excluding hydrogens is 378 g/mol. The molecule has 0 saturated carbocycles. The molecule has 4 nitrogen and oxygen atoms in total. The van der Waals surface area contributed by atoms with Crippen LogP contribution in [0.3, 0.4) is 0 Å². The average Bonchev–Trinajstić information content (AvgIpc) is 2.97. The molecule has 1 aromatic carbocycles. The summed E-state index contributed by atoms with van der Waals surface area (Å²) in [6.07, 6.45) is 1.07. The van der Waals surface area contributed by atoms with Crippen LogP contribution in [-0.2, 0) is 16.0 Å². The number of carbonyl (C=O) groups is 2. The predicted molar refractivity (Wildman–Crippen MR) is 96.1 cm³/mol. The van der Waals surface area contributed by atoms with Gasteiger partial charge in [-0.1, -0.05) is 12.1 Å². The summed E-state index contributed by atoms with van der Waals surface area (Å²) >= 11 is 5.03. The second kappa shape index (κ2) is 8.26. The number of hydrogen-bond acceptors (Lipinski definition) is 4. The number of nitrogens with zero attached hydrogens (tertiary/aromatic N) is 1. The molecule has 0 radical (unpaired) electrons. The van der Waals surface area contributed by atoms with Gasteiger partial charge >= 0.3 is 5.97 Å². The van der Waals surface area contributed by atoms with Gasteiger partial charge in [-0.15, -0.1) is 11.3 Å². The molecule has 2 rings (SSSR count). The quantitative estimate of drug-likeness (QED) is 0.685. The zero-order valence-electron chi connectivity index (χ0n) is 13.0. The van der Waals surface area contributed by atoms with Crippen LogP contribution in [0.1, 0.15) is 28.6 Å². The summed E-state index contributed by atoms with van der Waals surface area (Å²) in [6.45, 7) is 2.06. The molecule has 0 atom stereocenters. The van der Waals surface area contributed by atoms with Crippen molar-refractivity contribution in [1.29, 1.82) is 0 Å². The summed E-state index contributed by atoms with van der Waals surface area (Å²) in [6, 6.07) is 9.01. The van der Waals surface area contributed by atoms with Gasteiger partial charge in [0.1, 0.15) is 0 Å². The Morgan fingerprint density at radius 3 is 2.70 bits per heavy atom. The zero-order valence-corrected chi connectivity index (χ0v) is 15.4. The molecule has 122 valence electrons. The fourth-order valence-corrected chi connectivity index (χ4v) is 3.62. The van der Waals surface area contributed by atoms with Crippen LogP contribution >= 0.6 is 27.3 Å². The monoisotopic (exact) mass is 395 g/mol. The SMILES string of the molecule is CCOC(=O)c1ccccc1N(C)C(=O)CCc1cc(Br)cs1. The number of rotatable bonds is 6. The summed E-state index contributed by atoms with van der Waals surface area (Å²) in [4.78, 5) is 27.1. The lowest BCUT2D eigenvalue weighted by Gasteiger charge is -2.20. The standard InChI is InChI=1S/C17H18BrNO3S/c1-3-22-17(21)14-6-4-5-7-15(14)19(2)16(20)9-8-13-10-12(18)11-23-13/h4-7,10-11H,3,8-9H2,1-2H3. The first kappa shape index (κ1) is 17.7. The van der Waals surface area contributed by atoms with E-state index in [4.69, 9.17) is 4.74 Å². The molecule has 0 unspecified atom stereocenters. The van der Waals surface area contributed by atoms with Crippen molar-refractivity contribution in [2.75, 3.05) is 18.6 Å². The van der Waals surface area contributed by atoms with Crippen molar-refractivity contribution in [3.63, 3.8) is 0 Å². The van der Waals surface area contributed by atoms with E-state index < -0.39 is 5.97 Å². The van der Waals surface area contributed by atoms with E-state index in [0.29, 0.717) is 30.7 Å². The Hall–Kier alpha value is -1.66. The fourth-order valence-electron chi connectivity index (χ4n) is 2.16.